The molecule has 1 aromatic heterocycles. The van der Waals surface area contributed by atoms with E-state index in [9.17, 15) is 4.39 Å². The smallest absolute Gasteiger partial charge is 0.144 e. The molecule has 0 saturated heterocycles. The third-order valence-corrected chi connectivity index (χ3v) is 3.73. The van der Waals surface area contributed by atoms with Crippen LogP contribution in [0.1, 0.15) is 38.2 Å². The van der Waals surface area contributed by atoms with Crippen molar-refractivity contribution in [1.29, 1.82) is 0 Å². The molecule has 88 valence electrons. The van der Waals surface area contributed by atoms with Gasteiger partial charge in [-0.1, -0.05) is 13.8 Å². The van der Waals surface area contributed by atoms with Crippen molar-refractivity contribution in [3.8, 4) is 0 Å². The predicted molar refractivity (Wildman–Crippen MR) is 62.8 cm³/mol. The van der Waals surface area contributed by atoms with Crippen LogP contribution in [0.25, 0.3) is 0 Å². The fraction of sp³-hybridized carbons (Fsp3) is 0.615. The van der Waals surface area contributed by atoms with E-state index >= 15 is 0 Å². The van der Waals surface area contributed by atoms with Crippen molar-refractivity contribution in [3.05, 3.63) is 29.8 Å². The van der Waals surface area contributed by atoms with E-state index in [0.29, 0.717) is 17.9 Å². The molecule has 0 spiro atoms. The van der Waals surface area contributed by atoms with Gasteiger partial charge in [-0.15, -0.1) is 0 Å². The molecule has 0 radical (unpaired) electrons. The molecule has 16 heavy (non-hydrogen) atoms. The third-order valence-electron chi connectivity index (χ3n) is 3.73. The van der Waals surface area contributed by atoms with Crippen LogP contribution in [0.4, 0.5) is 4.39 Å². The molecule has 3 unspecified atom stereocenters. The molecule has 2 nitrogen and oxygen atoms in total. The first-order valence-electron chi connectivity index (χ1n) is 6.06. The molecule has 2 rings (SSSR count). The van der Waals surface area contributed by atoms with Crippen LogP contribution in [0.3, 0.4) is 0 Å². The fourth-order valence-corrected chi connectivity index (χ4v) is 2.84. The van der Waals surface area contributed by atoms with Gasteiger partial charge in [-0.2, -0.15) is 0 Å². The lowest BCUT2D eigenvalue weighted by Gasteiger charge is -2.21. The molecule has 1 aliphatic rings. The summed E-state index contributed by atoms with van der Waals surface area (Å²) in [5.74, 6) is 0.681. The number of pyridine rings is 1. The summed E-state index contributed by atoms with van der Waals surface area (Å²) >= 11 is 0. The maximum absolute atomic E-state index is 13.6. The standard InChI is InChI=1S/C13H19FN2/c1-3-16-13-5-4-10(9(13)2)11-6-7-15-8-12(11)14/h6-10,13,16H,3-5H2,1-2H3. The second-order valence-corrected chi connectivity index (χ2v) is 4.60. The van der Waals surface area contributed by atoms with E-state index in [2.05, 4.69) is 24.1 Å². The SMILES string of the molecule is CCNC1CCC(c2ccncc2F)C1C. The van der Waals surface area contributed by atoms with Crippen LogP contribution in [0, 0.1) is 11.7 Å². The van der Waals surface area contributed by atoms with Crippen LogP contribution >= 0.6 is 0 Å². The van der Waals surface area contributed by atoms with Gasteiger partial charge >= 0.3 is 0 Å². The third kappa shape index (κ3) is 2.09. The molecule has 1 aliphatic carbocycles. The van der Waals surface area contributed by atoms with E-state index in [1.54, 1.807) is 6.20 Å². The molecule has 1 saturated carbocycles. The first-order chi connectivity index (χ1) is 7.74. The van der Waals surface area contributed by atoms with Crippen molar-refractivity contribution in [2.75, 3.05) is 6.54 Å². The Labute approximate surface area is 96.3 Å². The summed E-state index contributed by atoms with van der Waals surface area (Å²) in [5.41, 5.74) is 0.836. The zero-order valence-electron chi connectivity index (χ0n) is 9.91. The summed E-state index contributed by atoms with van der Waals surface area (Å²) in [6, 6.07) is 2.35. The lowest BCUT2D eigenvalue weighted by atomic mass is 9.89. The van der Waals surface area contributed by atoms with Gasteiger partial charge in [0.15, 0.2) is 0 Å². The van der Waals surface area contributed by atoms with Gasteiger partial charge in [0.05, 0.1) is 6.20 Å². The van der Waals surface area contributed by atoms with Crippen LogP contribution in [-0.4, -0.2) is 17.6 Å². The normalized spacial score (nSPS) is 29.6. The summed E-state index contributed by atoms with van der Waals surface area (Å²) in [7, 11) is 0. The van der Waals surface area contributed by atoms with Gasteiger partial charge in [0.25, 0.3) is 0 Å². The van der Waals surface area contributed by atoms with Gasteiger partial charge in [-0.3, -0.25) is 4.98 Å². The van der Waals surface area contributed by atoms with Crippen LogP contribution in [0.5, 0.6) is 0 Å². The van der Waals surface area contributed by atoms with E-state index in [4.69, 9.17) is 0 Å². The minimum absolute atomic E-state index is 0.156. The summed E-state index contributed by atoms with van der Waals surface area (Å²) in [4.78, 5) is 3.81. The molecule has 0 aliphatic heterocycles. The highest BCUT2D eigenvalue weighted by atomic mass is 19.1. The Balaban J connectivity index is 2.15. The van der Waals surface area contributed by atoms with Crippen LogP contribution in [0.15, 0.2) is 18.5 Å². The molecule has 3 heteroatoms. The molecule has 1 fully saturated rings. The lowest BCUT2D eigenvalue weighted by Crippen LogP contribution is -2.32. The van der Waals surface area contributed by atoms with Gasteiger partial charge in [-0.25, -0.2) is 4.39 Å². The maximum Gasteiger partial charge on any atom is 0.144 e. The molecule has 0 bridgehead atoms. The largest absolute Gasteiger partial charge is 0.314 e. The average molecular weight is 222 g/mol. The Hall–Kier alpha value is -0.960. The van der Waals surface area contributed by atoms with Crippen molar-refractivity contribution in [1.82, 2.24) is 10.3 Å². The molecule has 1 N–H and O–H groups in total. The first-order valence-corrected chi connectivity index (χ1v) is 6.06. The highest BCUT2D eigenvalue weighted by molar-refractivity contribution is 5.21. The Morgan fingerprint density at radius 3 is 3.00 bits per heavy atom. The highest BCUT2D eigenvalue weighted by Crippen LogP contribution is 2.40. The van der Waals surface area contributed by atoms with E-state index in [1.807, 2.05) is 6.07 Å². The zero-order valence-corrected chi connectivity index (χ0v) is 9.91. The van der Waals surface area contributed by atoms with Gasteiger partial charge < -0.3 is 5.32 Å². The Morgan fingerprint density at radius 2 is 2.31 bits per heavy atom. The van der Waals surface area contributed by atoms with E-state index in [0.717, 1.165) is 24.9 Å². The first kappa shape index (κ1) is 11.5. The van der Waals surface area contributed by atoms with Crippen molar-refractivity contribution in [3.63, 3.8) is 0 Å². The zero-order chi connectivity index (χ0) is 11.5. The number of hydrogen-bond donors (Lipinski definition) is 1. The second kappa shape index (κ2) is 4.91. The minimum Gasteiger partial charge on any atom is -0.314 e. The number of hydrogen-bond acceptors (Lipinski definition) is 2. The van der Waals surface area contributed by atoms with Crippen molar-refractivity contribution in [2.24, 2.45) is 5.92 Å². The fourth-order valence-electron chi connectivity index (χ4n) is 2.84. The summed E-state index contributed by atoms with van der Waals surface area (Å²) in [6.07, 6.45) is 5.22. The van der Waals surface area contributed by atoms with E-state index < -0.39 is 0 Å². The number of halogens is 1. The molecule has 0 amide bonds. The van der Waals surface area contributed by atoms with Gasteiger partial charge in [0, 0.05) is 12.2 Å². The topological polar surface area (TPSA) is 24.9 Å². The molecule has 3 atom stereocenters. The molecular weight excluding hydrogens is 203 g/mol. The van der Waals surface area contributed by atoms with E-state index in [-0.39, 0.29) is 5.82 Å². The van der Waals surface area contributed by atoms with Crippen LogP contribution < -0.4 is 5.32 Å². The number of nitrogens with zero attached hydrogens (tertiary/aromatic N) is 1. The van der Waals surface area contributed by atoms with Crippen LogP contribution in [-0.2, 0) is 0 Å². The molecular formula is C13H19FN2. The number of aromatic nitrogens is 1. The number of rotatable bonds is 3. The Kier molecular flexibility index (Phi) is 3.54. The Morgan fingerprint density at radius 1 is 1.50 bits per heavy atom. The molecule has 0 aromatic carbocycles. The quantitative estimate of drug-likeness (QED) is 0.850. The Bertz CT molecular complexity index is 354. The number of nitrogens with one attached hydrogen (secondary N) is 1. The monoisotopic (exact) mass is 222 g/mol. The van der Waals surface area contributed by atoms with Crippen molar-refractivity contribution >= 4 is 0 Å². The van der Waals surface area contributed by atoms with Gasteiger partial charge in [-0.05, 0) is 42.9 Å². The minimum atomic E-state index is -0.156. The molecule has 1 aromatic rings. The highest BCUT2D eigenvalue weighted by Gasteiger charge is 2.34. The summed E-state index contributed by atoms with van der Waals surface area (Å²) in [5, 5.41) is 3.48. The van der Waals surface area contributed by atoms with Crippen molar-refractivity contribution < 1.29 is 4.39 Å². The lowest BCUT2D eigenvalue weighted by molar-refractivity contribution is 0.405. The average Bonchev–Trinajstić information content (AvgIpc) is 2.62. The van der Waals surface area contributed by atoms with Gasteiger partial charge in [0.1, 0.15) is 5.82 Å². The second-order valence-electron chi connectivity index (χ2n) is 4.60. The summed E-state index contributed by atoms with van der Waals surface area (Å²) in [6.45, 7) is 5.32. The maximum atomic E-state index is 13.6. The van der Waals surface area contributed by atoms with Crippen LogP contribution in [0.2, 0.25) is 0 Å². The van der Waals surface area contributed by atoms with Crippen molar-refractivity contribution in [2.45, 2.75) is 38.6 Å². The molecule has 1 heterocycles. The van der Waals surface area contributed by atoms with E-state index in [1.165, 1.54) is 6.20 Å². The summed E-state index contributed by atoms with van der Waals surface area (Å²) < 4.78 is 13.6. The van der Waals surface area contributed by atoms with Gasteiger partial charge in [0.2, 0.25) is 0 Å². The predicted octanol–water partition coefficient (Wildman–Crippen LogP) is 2.71.